The second-order valence-electron chi connectivity index (χ2n) is 4.33. The first-order chi connectivity index (χ1) is 5.63. The molecule has 0 spiro atoms. The van der Waals surface area contributed by atoms with Crippen molar-refractivity contribution >= 4 is 0 Å². The van der Waals surface area contributed by atoms with E-state index in [-0.39, 0.29) is 0 Å². The number of hydrogen-bond donors (Lipinski definition) is 2. The first-order valence-electron chi connectivity index (χ1n) is 5.21. The number of hydrogen-bond acceptors (Lipinski definition) is 0. The highest BCUT2D eigenvalue weighted by Gasteiger charge is 1.96. The van der Waals surface area contributed by atoms with E-state index in [0.717, 1.165) is 0 Å². The zero-order chi connectivity index (χ0) is 9.40. The van der Waals surface area contributed by atoms with E-state index in [2.05, 4.69) is 28.2 Å². The maximum Gasteiger partial charge on any atom is 0.0766 e. The molecule has 0 aliphatic carbocycles. The minimum absolute atomic E-state index is 1.33. The molecule has 2 N–H and O–H groups in total. The Hall–Kier alpha value is -0.0800. The summed E-state index contributed by atoms with van der Waals surface area (Å²) >= 11 is 0. The Morgan fingerprint density at radius 2 is 0.917 bits per heavy atom. The summed E-state index contributed by atoms with van der Waals surface area (Å²) in [7, 11) is 8.90. The second-order valence-corrected chi connectivity index (χ2v) is 4.33. The molecule has 12 heavy (non-hydrogen) atoms. The second kappa shape index (κ2) is 7.56. The Bertz CT molecular complexity index is 77.8. The first kappa shape index (κ1) is 11.9. The SMILES string of the molecule is C[NH+](C)CCCCCC[NH+](C)C. The van der Waals surface area contributed by atoms with Gasteiger partial charge in [-0.3, -0.25) is 0 Å². The van der Waals surface area contributed by atoms with Crippen LogP contribution in [0.1, 0.15) is 25.7 Å². The molecular weight excluding hydrogens is 148 g/mol. The minimum atomic E-state index is 1.33. The van der Waals surface area contributed by atoms with E-state index >= 15 is 0 Å². The highest BCUT2D eigenvalue weighted by molar-refractivity contribution is 4.39. The van der Waals surface area contributed by atoms with Gasteiger partial charge in [0.2, 0.25) is 0 Å². The third kappa shape index (κ3) is 9.92. The predicted molar refractivity (Wildman–Crippen MR) is 53.8 cm³/mol. The highest BCUT2D eigenvalue weighted by Crippen LogP contribution is 1.95. The fraction of sp³-hybridized carbons (Fsp3) is 1.00. The lowest BCUT2D eigenvalue weighted by Gasteiger charge is -2.08. The smallest absolute Gasteiger partial charge is 0.0766 e. The summed E-state index contributed by atoms with van der Waals surface area (Å²) in [5.41, 5.74) is 0. The fourth-order valence-corrected chi connectivity index (χ4v) is 1.31. The molecule has 2 nitrogen and oxygen atoms in total. The van der Waals surface area contributed by atoms with E-state index in [0.29, 0.717) is 0 Å². The summed E-state index contributed by atoms with van der Waals surface area (Å²) in [5, 5.41) is 0. The Balaban J connectivity index is 2.91. The van der Waals surface area contributed by atoms with Crippen molar-refractivity contribution in [3.05, 3.63) is 0 Å². The van der Waals surface area contributed by atoms with Crippen LogP contribution >= 0.6 is 0 Å². The Morgan fingerprint density at radius 1 is 0.583 bits per heavy atom. The van der Waals surface area contributed by atoms with Crippen LogP contribution in [0.5, 0.6) is 0 Å². The molecule has 0 fully saturated rings. The molecule has 2 heteroatoms. The van der Waals surface area contributed by atoms with Crippen molar-refractivity contribution in [1.82, 2.24) is 0 Å². The Morgan fingerprint density at radius 3 is 1.17 bits per heavy atom. The molecule has 74 valence electrons. The van der Waals surface area contributed by atoms with E-state index in [4.69, 9.17) is 0 Å². The van der Waals surface area contributed by atoms with Gasteiger partial charge in [-0.05, 0) is 25.7 Å². The lowest BCUT2D eigenvalue weighted by molar-refractivity contribution is -0.859. The standard InChI is InChI=1S/C10H24N2/c1-11(2)9-7-5-6-8-10-12(3)4/h5-10H2,1-4H3/p+2. The van der Waals surface area contributed by atoms with Crippen LogP contribution < -0.4 is 9.80 Å². The average molecular weight is 174 g/mol. The molecular formula is C10H26N2+2. The van der Waals surface area contributed by atoms with Crippen LogP contribution in [0.4, 0.5) is 0 Å². The lowest BCUT2D eigenvalue weighted by atomic mass is 10.2. The van der Waals surface area contributed by atoms with Gasteiger partial charge in [-0.15, -0.1) is 0 Å². The van der Waals surface area contributed by atoms with Gasteiger partial charge in [0.05, 0.1) is 41.3 Å². The van der Waals surface area contributed by atoms with E-state index in [9.17, 15) is 0 Å². The van der Waals surface area contributed by atoms with Crippen LogP contribution in [0.25, 0.3) is 0 Å². The Labute approximate surface area is 77.5 Å². The first-order valence-corrected chi connectivity index (χ1v) is 5.21. The molecule has 0 radical (unpaired) electrons. The van der Waals surface area contributed by atoms with Crippen LogP contribution in [0.3, 0.4) is 0 Å². The maximum absolute atomic E-state index is 2.23. The molecule has 0 saturated carbocycles. The van der Waals surface area contributed by atoms with Gasteiger partial charge in [-0.25, -0.2) is 0 Å². The van der Waals surface area contributed by atoms with Crippen molar-refractivity contribution in [2.24, 2.45) is 0 Å². The van der Waals surface area contributed by atoms with Gasteiger partial charge in [0.15, 0.2) is 0 Å². The van der Waals surface area contributed by atoms with E-state index < -0.39 is 0 Å². The molecule has 0 atom stereocenters. The van der Waals surface area contributed by atoms with Gasteiger partial charge < -0.3 is 9.80 Å². The van der Waals surface area contributed by atoms with Crippen LogP contribution in [-0.2, 0) is 0 Å². The summed E-state index contributed by atoms with van der Waals surface area (Å²) in [6.45, 7) is 2.66. The number of rotatable bonds is 7. The number of unbranched alkanes of at least 4 members (excludes halogenated alkanes) is 3. The van der Waals surface area contributed by atoms with E-state index in [1.54, 1.807) is 9.80 Å². The van der Waals surface area contributed by atoms with Gasteiger partial charge in [0.1, 0.15) is 0 Å². The topological polar surface area (TPSA) is 8.88 Å². The van der Waals surface area contributed by atoms with Gasteiger partial charge in [-0.1, -0.05) is 0 Å². The van der Waals surface area contributed by atoms with E-state index in [1.165, 1.54) is 38.8 Å². The van der Waals surface area contributed by atoms with Crippen molar-refractivity contribution in [2.75, 3.05) is 41.3 Å². The largest absolute Gasteiger partial charge is 0.340 e. The molecule has 0 saturated heterocycles. The maximum atomic E-state index is 2.23. The van der Waals surface area contributed by atoms with E-state index in [1.807, 2.05) is 0 Å². The van der Waals surface area contributed by atoms with Crippen LogP contribution in [0, 0.1) is 0 Å². The molecule has 0 aromatic heterocycles. The van der Waals surface area contributed by atoms with Gasteiger partial charge in [0.25, 0.3) is 0 Å². The van der Waals surface area contributed by atoms with Crippen LogP contribution in [0.2, 0.25) is 0 Å². The summed E-state index contributed by atoms with van der Waals surface area (Å²) in [6.07, 6.45) is 5.62. The third-order valence-electron chi connectivity index (χ3n) is 2.10. The van der Waals surface area contributed by atoms with Crippen molar-refractivity contribution in [3.8, 4) is 0 Å². The Kier molecular flexibility index (Phi) is 7.51. The molecule has 0 heterocycles. The zero-order valence-corrected chi connectivity index (χ0v) is 9.24. The quantitative estimate of drug-likeness (QED) is 0.450. The number of quaternary nitrogens is 2. The monoisotopic (exact) mass is 174 g/mol. The third-order valence-corrected chi connectivity index (χ3v) is 2.10. The predicted octanol–water partition coefficient (Wildman–Crippen LogP) is -1.16. The number of nitrogens with one attached hydrogen (secondary N) is 2. The van der Waals surface area contributed by atoms with Crippen molar-refractivity contribution in [2.45, 2.75) is 25.7 Å². The van der Waals surface area contributed by atoms with Crippen molar-refractivity contribution < 1.29 is 9.80 Å². The fourth-order valence-electron chi connectivity index (χ4n) is 1.31. The molecule has 0 bridgehead atoms. The normalized spacial score (nSPS) is 11.5. The molecule has 0 rings (SSSR count). The molecule has 0 unspecified atom stereocenters. The summed E-state index contributed by atoms with van der Waals surface area (Å²) in [4.78, 5) is 3.15. The lowest BCUT2D eigenvalue weighted by Crippen LogP contribution is -3.05. The van der Waals surface area contributed by atoms with Gasteiger partial charge in [-0.2, -0.15) is 0 Å². The minimum Gasteiger partial charge on any atom is -0.340 e. The summed E-state index contributed by atoms with van der Waals surface area (Å²) in [5.74, 6) is 0. The van der Waals surface area contributed by atoms with Crippen molar-refractivity contribution in [3.63, 3.8) is 0 Å². The molecule has 0 amide bonds. The molecule has 0 aliphatic rings. The summed E-state index contributed by atoms with van der Waals surface area (Å²) in [6, 6.07) is 0. The average Bonchev–Trinajstić information content (AvgIpc) is 1.95. The van der Waals surface area contributed by atoms with Crippen molar-refractivity contribution in [1.29, 1.82) is 0 Å². The van der Waals surface area contributed by atoms with Gasteiger partial charge in [0, 0.05) is 0 Å². The van der Waals surface area contributed by atoms with Crippen LogP contribution in [0.15, 0.2) is 0 Å². The van der Waals surface area contributed by atoms with Crippen LogP contribution in [-0.4, -0.2) is 41.3 Å². The zero-order valence-electron chi connectivity index (χ0n) is 9.24. The van der Waals surface area contributed by atoms with Gasteiger partial charge >= 0.3 is 0 Å². The highest BCUT2D eigenvalue weighted by atomic mass is 15.0. The molecule has 0 aliphatic heterocycles. The molecule has 0 aromatic carbocycles. The molecule has 0 aromatic rings. The summed E-state index contributed by atoms with van der Waals surface area (Å²) < 4.78 is 0.